The normalized spacial score (nSPS) is 16.6. The summed E-state index contributed by atoms with van der Waals surface area (Å²) in [6.45, 7) is 0.135. The number of nitrogens with zero attached hydrogens (tertiary/aromatic N) is 1. The van der Waals surface area contributed by atoms with Gasteiger partial charge >= 0.3 is 0 Å². The third-order valence-corrected chi connectivity index (χ3v) is 5.42. The fraction of sp³-hybridized carbons (Fsp3) is 0.0833. The Bertz CT molecular complexity index is 1120. The van der Waals surface area contributed by atoms with E-state index in [9.17, 15) is 14.7 Å². The molecule has 1 aromatic heterocycles. The highest BCUT2D eigenvalue weighted by molar-refractivity contribution is 9.10. The second-order valence-electron chi connectivity index (χ2n) is 6.84. The first kappa shape index (κ1) is 19.9. The summed E-state index contributed by atoms with van der Waals surface area (Å²) in [5, 5.41) is 10.6. The van der Waals surface area contributed by atoms with Crippen molar-refractivity contribution in [1.29, 1.82) is 0 Å². The molecule has 1 aliphatic rings. The lowest BCUT2D eigenvalue weighted by molar-refractivity contribution is -0.130. The molecule has 1 aliphatic heterocycles. The van der Waals surface area contributed by atoms with Gasteiger partial charge in [-0.1, -0.05) is 64.5 Å². The van der Waals surface area contributed by atoms with Crippen molar-refractivity contribution in [3.63, 3.8) is 0 Å². The molecule has 0 aliphatic carbocycles. The van der Waals surface area contributed by atoms with Crippen molar-refractivity contribution in [3.05, 3.63) is 112 Å². The summed E-state index contributed by atoms with van der Waals surface area (Å²) < 4.78 is 6.26. The van der Waals surface area contributed by atoms with E-state index in [2.05, 4.69) is 15.9 Å². The summed E-state index contributed by atoms with van der Waals surface area (Å²) in [6.07, 6.45) is 4.57. The standard InChI is InChI=1S/C24H18BrNO4/c25-18-11-9-17(10-12-18)22-21(20(27)13-8-16-5-2-1-3-6-16)23(28)24(29)26(22)15-19-7-4-14-30-19/h1-14,22,28H,15H2. The summed E-state index contributed by atoms with van der Waals surface area (Å²) in [6, 6.07) is 19.4. The number of aliphatic hydroxyl groups excluding tert-OH is 1. The molecule has 1 amide bonds. The van der Waals surface area contributed by atoms with Crippen LogP contribution in [0.5, 0.6) is 0 Å². The van der Waals surface area contributed by atoms with Crippen molar-refractivity contribution in [2.45, 2.75) is 12.6 Å². The molecule has 0 spiro atoms. The second kappa shape index (κ2) is 8.55. The number of allylic oxidation sites excluding steroid dienone is 1. The average Bonchev–Trinajstić information content (AvgIpc) is 3.36. The predicted molar refractivity (Wildman–Crippen MR) is 116 cm³/mol. The number of aliphatic hydroxyl groups is 1. The molecule has 5 nitrogen and oxygen atoms in total. The molecular formula is C24H18BrNO4. The SMILES string of the molecule is O=C(C=Cc1ccccc1)C1=C(O)C(=O)N(Cc2ccco2)C1c1ccc(Br)cc1. The quantitative estimate of drug-likeness (QED) is 0.508. The van der Waals surface area contributed by atoms with E-state index in [0.29, 0.717) is 5.76 Å². The van der Waals surface area contributed by atoms with E-state index in [0.717, 1.165) is 15.6 Å². The molecule has 0 fully saturated rings. The maximum absolute atomic E-state index is 13.1. The van der Waals surface area contributed by atoms with Gasteiger partial charge in [0.25, 0.3) is 5.91 Å². The Morgan fingerprint density at radius 3 is 2.47 bits per heavy atom. The number of carbonyl (C=O) groups is 2. The van der Waals surface area contributed by atoms with Crippen LogP contribution in [0.2, 0.25) is 0 Å². The molecule has 2 heterocycles. The summed E-state index contributed by atoms with van der Waals surface area (Å²) in [5.74, 6) is -0.987. The number of halogens is 1. The first-order valence-corrected chi connectivity index (χ1v) is 10.1. The van der Waals surface area contributed by atoms with Crippen LogP contribution >= 0.6 is 15.9 Å². The first-order chi connectivity index (χ1) is 14.5. The van der Waals surface area contributed by atoms with Crippen molar-refractivity contribution >= 4 is 33.7 Å². The number of hydrogen-bond acceptors (Lipinski definition) is 4. The van der Waals surface area contributed by atoms with Crippen LogP contribution in [0.15, 0.2) is 99.3 Å². The van der Waals surface area contributed by atoms with Crippen LogP contribution in [0, 0.1) is 0 Å². The third kappa shape index (κ3) is 4.00. The van der Waals surface area contributed by atoms with Gasteiger partial charge in [0.05, 0.1) is 24.4 Å². The fourth-order valence-corrected chi connectivity index (χ4v) is 3.72. The Balaban J connectivity index is 1.72. The van der Waals surface area contributed by atoms with Crippen molar-refractivity contribution in [2.24, 2.45) is 0 Å². The van der Waals surface area contributed by atoms with Crippen LogP contribution in [0.25, 0.3) is 6.08 Å². The van der Waals surface area contributed by atoms with Crippen LogP contribution in [0.1, 0.15) is 22.9 Å². The molecule has 1 atom stereocenters. The molecule has 3 aromatic rings. The minimum atomic E-state index is -0.719. The van der Waals surface area contributed by atoms with Crippen molar-refractivity contribution in [1.82, 2.24) is 4.90 Å². The highest BCUT2D eigenvalue weighted by atomic mass is 79.9. The van der Waals surface area contributed by atoms with Crippen molar-refractivity contribution in [2.75, 3.05) is 0 Å². The number of rotatable bonds is 6. The van der Waals surface area contributed by atoms with Gasteiger partial charge in [-0.05, 0) is 41.5 Å². The van der Waals surface area contributed by atoms with E-state index < -0.39 is 23.5 Å². The van der Waals surface area contributed by atoms with E-state index in [4.69, 9.17) is 4.42 Å². The van der Waals surface area contributed by atoms with Gasteiger partial charge in [-0.2, -0.15) is 0 Å². The van der Waals surface area contributed by atoms with E-state index in [1.54, 1.807) is 18.2 Å². The van der Waals surface area contributed by atoms with Crippen LogP contribution in [-0.4, -0.2) is 21.7 Å². The van der Waals surface area contributed by atoms with Gasteiger partial charge in [-0.25, -0.2) is 0 Å². The maximum atomic E-state index is 13.1. The molecule has 0 radical (unpaired) electrons. The van der Waals surface area contributed by atoms with Crippen LogP contribution in [0.4, 0.5) is 0 Å². The van der Waals surface area contributed by atoms with Gasteiger partial charge in [0.1, 0.15) is 5.76 Å². The van der Waals surface area contributed by atoms with Gasteiger partial charge < -0.3 is 14.4 Å². The number of amides is 1. The molecule has 6 heteroatoms. The Morgan fingerprint density at radius 1 is 1.07 bits per heavy atom. The number of ketones is 1. The molecule has 0 bridgehead atoms. The first-order valence-electron chi connectivity index (χ1n) is 9.34. The molecule has 0 saturated heterocycles. The summed E-state index contributed by atoms with van der Waals surface area (Å²) in [4.78, 5) is 27.4. The fourth-order valence-electron chi connectivity index (χ4n) is 3.46. The van der Waals surface area contributed by atoms with Crippen molar-refractivity contribution in [3.8, 4) is 0 Å². The smallest absolute Gasteiger partial charge is 0.290 e. The number of carbonyl (C=O) groups excluding carboxylic acids is 2. The molecule has 1 unspecified atom stereocenters. The Hall–Kier alpha value is -3.38. The van der Waals surface area contributed by atoms with E-state index in [1.165, 1.54) is 17.2 Å². The topological polar surface area (TPSA) is 70.8 Å². The second-order valence-corrected chi connectivity index (χ2v) is 7.75. The van der Waals surface area contributed by atoms with Gasteiger partial charge in [0.2, 0.25) is 0 Å². The number of benzene rings is 2. The monoisotopic (exact) mass is 463 g/mol. The lowest BCUT2D eigenvalue weighted by Gasteiger charge is -2.25. The third-order valence-electron chi connectivity index (χ3n) is 4.89. The zero-order valence-corrected chi connectivity index (χ0v) is 17.5. The van der Waals surface area contributed by atoms with E-state index in [1.807, 2.05) is 54.6 Å². The van der Waals surface area contributed by atoms with Gasteiger partial charge in [0.15, 0.2) is 11.5 Å². The van der Waals surface area contributed by atoms with E-state index in [-0.39, 0.29) is 12.1 Å². The van der Waals surface area contributed by atoms with Gasteiger partial charge in [-0.3, -0.25) is 9.59 Å². The summed E-state index contributed by atoms with van der Waals surface area (Å²) in [7, 11) is 0. The van der Waals surface area contributed by atoms with E-state index >= 15 is 0 Å². The maximum Gasteiger partial charge on any atom is 0.290 e. The molecule has 0 saturated carbocycles. The number of hydrogen-bond donors (Lipinski definition) is 1. The molecule has 1 N–H and O–H groups in total. The van der Waals surface area contributed by atoms with Crippen LogP contribution in [0.3, 0.4) is 0 Å². The molecule has 30 heavy (non-hydrogen) atoms. The minimum absolute atomic E-state index is 0.0565. The zero-order chi connectivity index (χ0) is 21.1. The number of furan rings is 1. The lowest BCUT2D eigenvalue weighted by Crippen LogP contribution is -2.30. The predicted octanol–water partition coefficient (Wildman–Crippen LogP) is 5.22. The highest BCUT2D eigenvalue weighted by Crippen LogP contribution is 2.39. The lowest BCUT2D eigenvalue weighted by atomic mass is 9.95. The summed E-state index contributed by atoms with van der Waals surface area (Å²) >= 11 is 3.40. The Morgan fingerprint density at radius 2 is 1.80 bits per heavy atom. The highest BCUT2D eigenvalue weighted by Gasteiger charge is 2.43. The largest absolute Gasteiger partial charge is 0.503 e. The van der Waals surface area contributed by atoms with Crippen LogP contribution < -0.4 is 0 Å². The Kier molecular flexibility index (Phi) is 5.68. The molecule has 2 aromatic carbocycles. The molecule has 4 rings (SSSR count). The van der Waals surface area contributed by atoms with Gasteiger partial charge in [-0.15, -0.1) is 0 Å². The van der Waals surface area contributed by atoms with Crippen molar-refractivity contribution < 1.29 is 19.1 Å². The van der Waals surface area contributed by atoms with Gasteiger partial charge in [0, 0.05) is 4.47 Å². The Labute approximate surface area is 182 Å². The summed E-state index contributed by atoms with van der Waals surface area (Å²) in [5.41, 5.74) is 1.63. The zero-order valence-electron chi connectivity index (χ0n) is 15.9. The average molecular weight is 464 g/mol. The van der Waals surface area contributed by atoms with Crippen LogP contribution in [-0.2, 0) is 16.1 Å². The molecular weight excluding hydrogens is 446 g/mol. The minimum Gasteiger partial charge on any atom is -0.503 e. The molecule has 150 valence electrons.